The average Bonchev–Trinajstić information content (AvgIpc) is 3.41. The van der Waals surface area contributed by atoms with Crippen molar-refractivity contribution in [3.63, 3.8) is 0 Å². The van der Waals surface area contributed by atoms with Crippen LogP contribution in [0.3, 0.4) is 0 Å². The molecule has 28 heavy (non-hydrogen) atoms. The Labute approximate surface area is 164 Å². The summed E-state index contributed by atoms with van der Waals surface area (Å²) in [5.41, 5.74) is 0.505. The highest BCUT2D eigenvalue weighted by atomic mass is 16.7. The van der Waals surface area contributed by atoms with Gasteiger partial charge in [0.1, 0.15) is 5.54 Å². The third-order valence-electron chi connectivity index (χ3n) is 6.34. The van der Waals surface area contributed by atoms with Gasteiger partial charge >= 0.3 is 6.03 Å². The predicted molar refractivity (Wildman–Crippen MR) is 101 cm³/mol. The molecule has 150 valence electrons. The number of piperazine rings is 1. The normalized spacial score (nSPS) is 28.1. The SMILES string of the molecule is C[C@@]1(C2CC2)NC(=O)N(CN2CCN(Cc3ccc4c(c3)OCO4)CC2)C1=O. The van der Waals surface area contributed by atoms with E-state index in [1.165, 1.54) is 10.5 Å². The number of hydrogen-bond donors (Lipinski definition) is 1. The number of hydrogen-bond acceptors (Lipinski definition) is 6. The first-order valence-corrected chi connectivity index (χ1v) is 10.0. The minimum absolute atomic E-state index is 0.0669. The van der Waals surface area contributed by atoms with Gasteiger partial charge in [-0.15, -0.1) is 0 Å². The molecule has 1 aromatic rings. The molecule has 1 N–H and O–H groups in total. The molecule has 1 aromatic carbocycles. The van der Waals surface area contributed by atoms with Crippen LogP contribution in [-0.2, 0) is 11.3 Å². The molecule has 1 aliphatic carbocycles. The van der Waals surface area contributed by atoms with Crippen molar-refractivity contribution in [3.05, 3.63) is 23.8 Å². The number of urea groups is 1. The Morgan fingerprint density at radius 2 is 1.79 bits per heavy atom. The molecule has 0 spiro atoms. The number of nitrogens with zero attached hydrogens (tertiary/aromatic N) is 3. The first-order chi connectivity index (χ1) is 13.5. The predicted octanol–water partition coefficient (Wildman–Crippen LogP) is 1.21. The first kappa shape index (κ1) is 17.8. The summed E-state index contributed by atoms with van der Waals surface area (Å²) in [6.07, 6.45) is 2.05. The summed E-state index contributed by atoms with van der Waals surface area (Å²) in [6, 6.07) is 5.83. The Morgan fingerprint density at radius 1 is 1.07 bits per heavy atom. The maximum atomic E-state index is 12.8. The van der Waals surface area contributed by atoms with Gasteiger partial charge in [0.15, 0.2) is 11.5 Å². The van der Waals surface area contributed by atoms with Crippen molar-refractivity contribution in [3.8, 4) is 11.5 Å². The number of carbonyl (C=O) groups is 2. The van der Waals surface area contributed by atoms with Crippen LogP contribution < -0.4 is 14.8 Å². The van der Waals surface area contributed by atoms with Crippen LogP contribution in [0.25, 0.3) is 0 Å². The van der Waals surface area contributed by atoms with E-state index in [4.69, 9.17) is 9.47 Å². The Kier molecular flexibility index (Phi) is 4.21. The molecule has 3 heterocycles. The second-order valence-electron chi connectivity index (χ2n) is 8.36. The molecule has 0 radical (unpaired) electrons. The fourth-order valence-electron chi connectivity index (χ4n) is 4.37. The minimum Gasteiger partial charge on any atom is -0.454 e. The Balaban J connectivity index is 1.14. The second-order valence-corrected chi connectivity index (χ2v) is 8.36. The van der Waals surface area contributed by atoms with Crippen LogP contribution in [0, 0.1) is 5.92 Å². The molecule has 1 atom stereocenters. The number of fused-ring (bicyclic) bond motifs is 1. The molecule has 3 aliphatic heterocycles. The van der Waals surface area contributed by atoms with Crippen LogP contribution in [0.1, 0.15) is 25.3 Å². The molecule has 4 aliphatic rings. The lowest BCUT2D eigenvalue weighted by Gasteiger charge is -2.36. The molecule has 0 aromatic heterocycles. The Bertz CT molecular complexity index is 803. The van der Waals surface area contributed by atoms with Crippen molar-refractivity contribution in [1.29, 1.82) is 0 Å². The van der Waals surface area contributed by atoms with E-state index in [1.54, 1.807) is 0 Å². The van der Waals surface area contributed by atoms with Crippen molar-refractivity contribution < 1.29 is 19.1 Å². The lowest BCUT2D eigenvalue weighted by molar-refractivity contribution is -0.133. The number of amides is 3. The number of carbonyl (C=O) groups excluding carboxylic acids is 2. The standard InChI is InChI=1S/C20H26N4O4/c1-20(15-3-4-15)18(25)24(19(26)21-20)12-23-8-6-22(7-9-23)11-14-2-5-16-17(10-14)28-13-27-16/h2,5,10,15H,3-4,6-9,11-13H2,1H3,(H,21,26)/t20-/m0/s1. The van der Waals surface area contributed by atoms with Crippen molar-refractivity contribution in [2.24, 2.45) is 5.92 Å². The lowest BCUT2D eigenvalue weighted by Crippen LogP contribution is -2.51. The molecule has 5 rings (SSSR count). The quantitative estimate of drug-likeness (QED) is 0.767. The van der Waals surface area contributed by atoms with Crippen LogP contribution in [0.4, 0.5) is 4.79 Å². The van der Waals surface area contributed by atoms with Gasteiger partial charge in [0.05, 0.1) is 6.67 Å². The third-order valence-corrected chi connectivity index (χ3v) is 6.34. The molecular weight excluding hydrogens is 360 g/mol. The molecule has 8 nitrogen and oxygen atoms in total. The highest BCUT2D eigenvalue weighted by Crippen LogP contribution is 2.42. The maximum absolute atomic E-state index is 12.8. The summed E-state index contributed by atoms with van der Waals surface area (Å²) in [6.45, 7) is 6.87. The first-order valence-electron chi connectivity index (χ1n) is 10.0. The van der Waals surface area contributed by atoms with Crippen LogP contribution >= 0.6 is 0 Å². The van der Waals surface area contributed by atoms with E-state index in [0.29, 0.717) is 19.4 Å². The van der Waals surface area contributed by atoms with Gasteiger partial charge in [-0.05, 0) is 43.4 Å². The van der Waals surface area contributed by atoms with Crippen LogP contribution in [0.5, 0.6) is 11.5 Å². The highest BCUT2D eigenvalue weighted by Gasteiger charge is 2.56. The van der Waals surface area contributed by atoms with Crippen LogP contribution in [0.2, 0.25) is 0 Å². The van der Waals surface area contributed by atoms with Gasteiger partial charge in [-0.1, -0.05) is 6.07 Å². The van der Waals surface area contributed by atoms with E-state index in [9.17, 15) is 9.59 Å². The van der Waals surface area contributed by atoms with Crippen molar-refractivity contribution >= 4 is 11.9 Å². The van der Waals surface area contributed by atoms with Gasteiger partial charge in [-0.3, -0.25) is 14.6 Å². The zero-order valence-corrected chi connectivity index (χ0v) is 16.1. The van der Waals surface area contributed by atoms with E-state index < -0.39 is 5.54 Å². The number of nitrogens with one attached hydrogen (secondary N) is 1. The maximum Gasteiger partial charge on any atom is 0.326 e. The molecule has 8 heteroatoms. The summed E-state index contributed by atoms with van der Waals surface area (Å²) in [5.74, 6) is 1.85. The number of ether oxygens (including phenoxy) is 2. The van der Waals surface area contributed by atoms with E-state index in [-0.39, 0.29) is 11.9 Å². The fourth-order valence-corrected chi connectivity index (χ4v) is 4.37. The van der Waals surface area contributed by atoms with Gasteiger partial charge in [0.25, 0.3) is 5.91 Å². The largest absolute Gasteiger partial charge is 0.454 e. The molecule has 2 saturated heterocycles. The number of rotatable bonds is 5. The van der Waals surface area contributed by atoms with Crippen LogP contribution in [0.15, 0.2) is 18.2 Å². The summed E-state index contributed by atoms with van der Waals surface area (Å²) >= 11 is 0. The summed E-state index contributed by atoms with van der Waals surface area (Å²) in [7, 11) is 0. The summed E-state index contributed by atoms with van der Waals surface area (Å²) in [4.78, 5) is 31.1. The topological polar surface area (TPSA) is 74.4 Å². The van der Waals surface area contributed by atoms with E-state index in [2.05, 4.69) is 21.2 Å². The van der Waals surface area contributed by atoms with Gasteiger partial charge in [0, 0.05) is 32.7 Å². The monoisotopic (exact) mass is 386 g/mol. The third kappa shape index (κ3) is 3.10. The molecule has 3 amide bonds. The Morgan fingerprint density at radius 3 is 2.54 bits per heavy atom. The van der Waals surface area contributed by atoms with E-state index in [0.717, 1.165) is 57.1 Å². The van der Waals surface area contributed by atoms with Gasteiger partial charge in [0.2, 0.25) is 6.79 Å². The lowest BCUT2D eigenvalue weighted by atomic mass is 9.96. The Hall–Kier alpha value is -2.32. The zero-order valence-electron chi connectivity index (χ0n) is 16.1. The van der Waals surface area contributed by atoms with E-state index in [1.807, 2.05) is 19.1 Å². The van der Waals surface area contributed by atoms with E-state index >= 15 is 0 Å². The molecule has 1 saturated carbocycles. The average molecular weight is 386 g/mol. The highest BCUT2D eigenvalue weighted by molar-refractivity contribution is 6.07. The summed E-state index contributed by atoms with van der Waals surface area (Å²) in [5, 5.41) is 2.92. The molecular formula is C20H26N4O4. The zero-order chi connectivity index (χ0) is 19.3. The van der Waals surface area contributed by atoms with Gasteiger partial charge in [-0.2, -0.15) is 0 Å². The van der Waals surface area contributed by atoms with Crippen LogP contribution in [-0.4, -0.2) is 71.8 Å². The smallest absolute Gasteiger partial charge is 0.326 e. The van der Waals surface area contributed by atoms with Gasteiger partial charge < -0.3 is 14.8 Å². The molecule has 0 bridgehead atoms. The molecule has 0 unspecified atom stereocenters. The fraction of sp³-hybridized carbons (Fsp3) is 0.600. The van der Waals surface area contributed by atoms with Crippen molar-refractivity contribution in [2.45, 2.75) is 31.8 Å². The number of imide groups is 1. The minimum atomic E-state index is -0.696. The van der Waals surface area contributed by atoms with Crippen molar-refractivity contribution in [2.75, 3.05) is 39.6 Å². The summed E-state index contributed by atoms with van der Waals surface area (Å²) < 4.78 is 10.8. The number of benzene rings is 1. The van der Waals surface area contributed by atoms with Crippen molar-refractivity contribution in [1.82, 2.24) is 20.0 Å². The van der Waals surface area contributed by atoms with Gasteiger partial charge in [-0.25, -0.2) is 9.69 Å². The second kappa shape index (κ2) is 6.63. The molecule has 3 fully saturated rings.